The van der Waals surface area contributed by atoms with Crippen molar-refractivity contribution in [1.29, 1.82) is 0 Å². The van der Waals surface area contributed by atoms with Crippen LogP contribution >= 0.6 is 0 Å². The maximum Gasteiger partial charge on any atom is 0.373 e. The number of hydrogen-bond acceptors (Lipinski definition) is 6. The Bertz CT molecular complexity index is 570. The second kappa shape index (κ2) is 8.26. The summed E-state index contributed by atoms with van der Waals surface area (Å²) in [7, 11) is 0. The van der Waals surface area contributed by atoms with E-state index in [1.165, 1.54) is 0 Å². The van der Waals surface area contributed by atoms with E-state index in [1.807, 2.05) is 26.8 Å². The van der Waals surface area contributed by atoms with Gasteiger partial charge in [-0.1, -0.05) is 12.1 Å². The highest BCUT2D eigenvalue weighted by Gasteiger charge is 2.17. The molecule has 1 N–H and O–H groups in total. The number of ether oxygens (including phenoxy) is 1. The van der Waals surface area contributed by atoms with Crippen LogP contribution in [0.25, 0.3) is 0 Å². The molecular weight excluding hydrogens is 310 g/mol. The zero-order valence-electron chi connectivity index (χ0n) is 15.3. The van der Waals surface area contributed by atoms with Gasteiger partial charge < -0.3 is 10.1 Å². The summed E-state index contributed by atoms with van der Waals surface area (Å²) in [5.41, 5.74) is 0.164. The van der Waals surface area contributed by atoms with Crippen LogP contribution in [0.5, 0.6) is 0 Å². The van der Waals surface area contributed by atoms with Gasteiger partial charge in [-0.05, 0) is 59.2 Å². The molecule has 0 fully saturated rings. The number of nitrogens with one attached hydrogen (secondary N) is 1. The molecule has 0 saturated carbocycles. The lowest BCUT2D eigenvalue weighted by Gasteiger charge is -2.19. The van der Waals surface area contributed by atoms with Crippen LogP contribution in [0.1, 0.15) is 57.5 Å². The molecule has 134 valence electrons. The lowest BCUT2D eigenvalue weighted by molar-refractivity contribution is -0.301. The Morgan fingerprint density at radius 2 is 1.71 bits per heavy atom. The van der Waals surface area contributed by atoms with Gasteiger partial charge in [-0.25, -0.2) is 4.79 Å². The average molecular weight is 337 g/mol. The van der Waals surface area contributed by atoms with E-state index < -0.39 is 17.2 Å². The van der Waals surface area contributed by atoms with Crippen molar-refractivity contribution in [2.75, 3.05) is 6.54 Å². The Kier molecular flexibility index (Phi) is 6.93. The predicted molar refractivity (Wildman–Crippen MR) is 90.2 cm³/mol. The Labute approximate surface area is 143 Å². The van der Waals surface area contributed by atoms with Gasteiger partial charge in [0.25, 0.3) is 0 Å². The molecule has 0 amide bonds. The number of benzene rings is 1. The van der Waals surface area contributed by atoms with Gasteiger partial charge in [0.1, 0.15) is 11.2 Å². The third kappa shape index (κ3) is 8.64. The van der Waals surface area contributed by atoms with Crippen LogP contribution in [-0.4, -0.2) is 29.7 Å². The molecule has 1 aromatic carbocycles. The van der Waals surface area contributed by atoms with E-state index in [9.17, 15) is 9.59 Å². The van der Waals surface area contributed by atoms with Crippen LogP contribution in [-0.2, 0) is 25.9 Å². The van der Waals surface area contributed by atoms with Crippen molar-refractivity contribution < 1.29 is 24.1 Å². The van der Waals surface area contributed by atoms with E-state index in [0.29, 0.717) is 12.1 Å². The van der Waals surface area contributed by atoms with Crippen LogP contribution in [0, 0.1) is 0 Å². The standard InChI is InChI=1S/C18H27NO5/c1-17(2,3)22-15(20)12-19-11-13-8-7-9-14(10-13)16(21)23-24-18(4,5)6/h7-10,19H,11-12H2,1-6H3. The van der Waals surface area contributed by atoms with Crippen molar-refractivity contribution in [3.8, 4) is 0 Å². The summed E-state index contributed by atoms with van der Waals surface area (Å²) < 4.78 is 5.21. The molecule has 0 atom stereocenters. The first-order chi connectivity index (χ1) is 11.0. The van der Waals surface area contributed by atoms with Gasteiger partial charge in [-0.2, -0.15) is 4.89 Å². The SMILES string of the molecule is CC(C)(C)OOC(=O)c1cccc(CNCC(=O)OC(C)(C)C)c1. The molecule has 1 aromatic rings. The average Bonchev–Trinajstić information content (AvgIpc) is 2.42. The van der Waals surface area contributed by atoms with Crippen molar-refractivity contribution in [2.24, 2.45) is 0 Å². The molecule has 0 saturated heterocycles. The van der Waals surface area contributed by atoms with Gasteiger partial charge in [-0.15, -0.1) is 0 Å². The summed E-state index contributed by atoms with van der Waals surface area (Å²) in [6.07, 6.45) is 0. The maximum absolute atomic E-state index is 11.9. The highest BCUT2D eigenvalue weighted by molar-refractivity contribution is 5.89. The highest BCUT2D eigenvalue weighted by atomic mass is 17.2. The Morgan fingerprint density at radius 1 is 1.04 bits per heavy atom. The molecule has 0 heterocycles. The minimum absolute atomic E-state index is 0.0963. The number of carbonyl (C=O) groups excluding carboxylic acids is 2. The van der Waals surface area contributed by atoms with Gasteiger partial charge in [0.2, 0.25) is 0 Å². The fourth-order valence-electron chi connectivity index (χ4n) is 1.71. The number of hydrogen-bond donors (Lipinski definition) is 1. The number of esters is 1. The minimum Gasteiger partial charge on any atom is -0.459 e. The molecule has 0 radical (unpaired) electrons. The Hall–Kier alpha value is -1.92. The first kappa shape index (κ1) is 20.1. The molecule has 0 spiro atoms. The van der Waals surface area contributed by atoms with Gasteiger partial charge >= 0.3 is 11.9 Å². The van der Waals surface area contributed by atoms with Crippen molar-refractivity contribution in [3.63, 3.8) is 0 Å². The monoisotopic (exact) mass is 337 g/mol. The van der Waals surface area contributed by atoms with Gasteiger partial charge in [-0.3, -0.25) is 9.68 Å². The fourth-order valence-corrected chi connectivity index (χ4v) is 1.71. The summed E-state index contributed by atoms with van der Waals surface area (Å²) in [5.74, 6) is -0.879. The van der Waals surface area contributed by atoms with Gasteiger partial charge in [0, 0.05) is 6.54 Å². The van der Waals surface area contributed by atoms with E-state index in [-0.39, 0.29) is 12.5 Å². The van der Waals surface area contributed by atoms with Crippen LogP contribution in [0.4, 0.5) is 0 Å². The Morgan fingerprint density at radius 3 is 2.29 bits per heavy atom. The summed E-state index contributed by atoms with van der Waals surface area (Å²) in [5, 5.41) is 2.99. The molecule has 0 aromatic heterocycles. The predicted octanol–water partition coefficient (Wildman–Crippen LogP) is 3.00. The minimum atomic E-state index is -0.567. The summed E-state index contributed by atoms with van der Waals surface area (Å²) >= 11 is 0. The lowest BCUT2D eigenvalue weighted by Crippen LogP contribution is -2.31. The molecule has 6 heteroatoms. The first-order valence-electron chi connectivity index (χ1n) is 7.88. The summed E-state index contributed by atoms with van der Waals surface area (Å²) in [6, 6.07) is 6.93. The van der Waals surface area contributed by atoms with Crippen molar-refractivity contribution in [3.05, 3.63) is 35.4 Å². The highest BCUT2D eigenvalue weighted by Crippen LogP contribution is 2.12. The van der Waals surface area contributed by atoms with Crippen molar-refractivity contribution in [1.82, 2.24) is 5.32 Å². The van der Waals surface area contributed by atoms with Crippen LogP contribution in [0.15, 0.2) is 24.3 Å². The van der Waals surface area contributed by atoms with Crippen LogP contribution in [0.2, 0.25) is 0 Å². The molecule has 6 nitrogen and oxygen atoms in total. The molecule has 1 rings (SSSR count). The first-order valence-corrected chi connectivity index (χ1v) is 7.88. The van der Waals surface area contributed by atoms with E-state index in [4.69, 9.17) is 14.5 Å². The van der Waals surface area contributed by atoms with Crippen LogP contribution in [0.3, 0.4) is 0 Å². The molecule has 0 aliphatic rings. The molecular formula is C18H27NO5. The smallest absolute Gasteiger partial charge is 0.373 e. The van der Waals surface area contributed by atoms with Gasteiger partial charge in [0.05, 0.1) is 12.1 Å². The molecule has 0 aliphatic carbocycles. The second-order valence-corrected chi connectivity index (χ2v) is 7.46. The van der Waals surface area contributed by atoms with Gasteiger partial charge in [0.15, 0.2) is 0 Å². The zero-order chi connectivity index (χ0) is 18.4. The summed E-state index contributed by atoms with van der Waals surface area (Å²) in [6.45, 7) is 11.4. The fraction of sp³-hybridized carbons (Fsp3) is 0.556. The zero-order valence-corrected chi connectivity index (χ0v) is 15.3. The van der Waals surface area contributed by atoms with E-state index in [1.54, 1.807) is 39.0 Å². The lowest BCUT2D eigenvalue weighted by atomic mass is 10.1. The normalized spacial score (nSPS) is 11.9. The van der Waals surface area contributed by atoms with E-state index >= 15 is 0 Å². The van der Waals surface area contributed by atoms with E-state index in [0.717, 1.165) is 5.56 Å². The number of rotatable bonds is 6. The van der Waals surface area contributed by atoms with E-state index in [2.05, 4.69) is 5.32 Å². The largest absolute Gasteiger partial charge is 0.459 e. The third-order valence-electron chi connectivity index (χ3n) is 2.55. The third-order valence-corrected chi connectivity index (χ3v) is 2.55. The molecule has 0 unspecified atom stereocenters. The molecule has 24 heavy (non-hydrogen) atoms. The second-order valence-electron chi connectivity index (χ2n) is 7.46. The maximum atomic E-state index is 11.9. The Balaban J connectivity index is 2.51. The molecule has 0 bridgehead atoms. The van der Waals surface area contributed by atoms with Crippen molar-refractivity contribution >= 4 is 11.9 Å². The van der Waals surface area contributed by atoms with Crippen LogP contribution < -0.4 is 5.32 Å². The summed E-state index contributed by atoms with van der Waals surface area (Å²) in [4.78, 5) is 33.4. The number of carbonyl (C=O) groups is 2. The molecule has 0 aliphatic heterocycles. The quantitative estimate of drug-likeness (QED) is 0.489. The van der Waals surface area contributed by atoms with Crippen molar-refractivity contribution in [2.45, 2.75) is 59.3 Å². The topological polar surface area (TPSA) is 73.9 Å².